The van der Waals surface area contributed by atoms with E-state index in [1.54, 1.807) is 0 Å². The molecule has 4 heteroatoms. The average Bonchev–Trinajstić information content (AvgIpc) is 3.93. The van der Waals surface area contributed by atoms with Crippen molar-refractivity contribution >= 4 is 43.6 Å². The van der Waals surface area contributed by atoms with Gasteiger partial charge in [-0.3, -0.25) is 0 Å². The summed E-state index contributed by atoms with van der Waals surface area (Å²) in [7, 11) is 0. The first kappa shape index (κ1) is 39.3. The molecule has 318 valence electrons. The molecule has 0 spiro atoms. The summed E-state index contributed by atoms with van der Waals surface area (Å²) in [6, 6.07) is 91.3. The predicted molar refractivity (Wildman–Crippen MR) is 283 cm³/mol. The van der Waals surface area contributed by atoms with Crippen LogP contribution in [-0.2, 0) is 0 Å². The number of nitrogens with zero attached hydrogens (tertiary/aromatic N) is 4. The highest BCUT2D eigenvalue weighted by atomic mass is 15.0. The summed E-state index contributed by atoms with van der Waals surface area (Å²) in [5, 5.41) is 4.84. The van der Waals surface area contributed by atoms with Gasteiger partial charge in [0.1, 0.15) is 0 Å². The maximum atomic E-state index is 5.36. The molecule has 0 radical (unpaired) electrons. The van der Waals surface area contributed by atoms with Crippen LogP contribution in [0.2, 0.25) is 0 Å². The van der Waals surface area contributed by atoms with Gasteiger partial charge in [0.15, 0.2) is 5.82 Å². The second kappa shape index (κ2) is 16.4. The molecule has 0 saturated carbocycles. The van der Waals surface area contributed by atoms with Gasteiger partial charge in [0.05, 0.1) is 39.1 Å². The molecule has 0 aliphatic carbocycles. The summed E-state index contributed by atoms with van der Waals surface area (Å²) in [6.45, 7) is 0. The molecule has 0 unspecified atom stereocenters. The van der Waals surface area contributed by atoms with Gasteiger partial charge in [0, 0.05) is 55.0 Å². The quantitative estimate of drug-likeness (QED) is 0.153. The maximum Gasteiger partial charge on any atom is 0.160 e. The number of hydrogen-bond acceptors (Lipinski definition) is 2. The molecule has 3 heterocycles. The third-order valence-corrected chi connectivity index (χ3v) is 13.3. The van der Waals surface area contributed by atoms with Gasteiger partial charge in [-0.25, -0.2) is 9.97 Å². The van der Waals surface area contributed by atoms with Crippen molar-refractivity contribution in [2.24, 2.45) is 0 Å². The van der Waals surface area contributed by atoms with Crippen molar-refractivity contribution in [3.8, 4) is 78.7 Å². The Balaban J connectivity index is 1.14. The number of fused-ring (bicyclic) bond motifs is 6. The van der Waals surface area contributed by atoms with Crippen molar-refractivity contribution in [2.75, 3.05) is 0 Å². The summed E-state index contributed by atoms with van der Waals surface area (Å²) < 4.78 is 4.93. The van der Waals surface area contributed by atoms with Crippen molar-refractivity contribution in [1.82, 2.24) is 19.1 Å². The van der Waals surface area contributed by atoms with E-state index in [1.165, 1.54) is 38.1 Å². The highest BCUT2D eigenvalue weighted by molar-refractivity contribution is 6.14. The molecular formula is C64H42N4. The fraction of sp³-hybridized carbons (Fsp3) is 0. The van der Waals surface area contributed by atoms with Crippen LogP contribution in [-0.4, -0.2) is 19.1 Å². The van der Waals surface area contributed by atoms with Crippen LogP contribution in [0, 0.1) is 0 Å². The minimum absolute atomic E-state index is 0.663. The van der Waals surface area contributed by atoms with Gasteiger partial charge in [-0.2, -0.15) is 0 Å². The Morgan fingerprint density at radius 2 is 0.691 bits per heavy atom. The van der Waals surface area contributed by atoms with E-state index in [4.69, 9.17) is 9.97 Å². The standard InChI is InChI=1S/C64H42N4/c1-6-20-43(21-7-1)48-34-36-53-56-41-50(67-59-32-18-16-30-51(59)52-31-17-19-33-60(52)67)35-37-61(56)68(62(53)40-48)63-54(44-22-8-2-9-23-44)38-49(39-55(63)45-24-10-3-11-25-45)64-65-57(46-26-12-4-13-27-46)42-58(66-64)47-28-14-5-15-29-47/h1-42H. The molecule has 4 nitrogen and oxygen atoms in total. The van der Waals surface area contributed by atoms with Crippen LogP contribution < -0.4 is 0 Å². The molecule has 0 aliphatic heterocycles. The number of aromatic nitrogens is 4. The largest absolute Gasteiger partial charge is 0.309 e. The third-order valence-electron chi connectivity index (χ3n) is 13.3. The van der Waals surface area contributed by atoms with Crippen LogP contribution in [0.25, 0.3) is 122 Å². The van der Waals surface area contributed by atoms with Crippen molar-refractivity contribution < 1.29 is 0 Å². The van der Waals surface area contributed by atoms with E-state index in [-0.39, 0.29) is 0 Å². The van der Waals surface area contributed by atoms with E-state index in [1.807, 2.05) is 12.1 Å². The second-order valence-electron chi connectivity index (χ2n) is 17.4. The molecule has 3 aromatic heterocycles. The molecule has 13 aromatic rings. The van der Waals surface area contributed by atoms with E-state index < -0.39 is 0 Å². The van der Waals surface area contributed by atoms with Crippen LogP contribution >= 0.6 is 0 Å². The van der Waals surface area contributed by atoms with Crippen molar-refractivity contribution in [3.63, 3.8) is 0 Å². The Hall–Kier alpha value is -9.12. The molecule has 0 bridgehead atoms. The lowest BCUT2D eigenvalue weighted by atomic mass is 9.92. The van der Waals surface area contributed by atoms with Gasteiger partial charge in [0.2, 0.25) is 0 Å². The topological polar surface area (TPSA) is 35.6 Å². The van der Waals surface area contributed by atoms with E-state index in [0.29, 0.717) is 5.82 Å². The normalized spacial score (nSPS) is 11.5. The summed E-state index contributed by atoms with van der Waals surface area (Å²) in [6.07, 6.45) is 0. The minimum atomic E-state index is 0.663. The molecule has 0 amide bonds. The number of hydrogen-bond donors (Lipinski definition) is 0. The predicted octanol–water partition coefficient (Wildman–Crippen LogP) is 16.7. The van der Waals surface area contributed by atoms with E-state index in [2.05, 4.69) is 252 Å². The lowest BCUT2D eigenvalue weighted by molar-refractivity contribution is 1.16. The van der Waals surface area contributed by atoms with Gasteiger partial charge >= 0.3 is 0 Å². The molecule has 0 atom stereocenters. The van der Waals surface area contributed by atoms with Gasteiger partial charge in [-0.05, 0) is 76.9 Å². The third kappa shape index (κ3) is 6.69. The first-order chi connectivity index (χ1) is 33.7. The SMILES string of the molecule is c1ccc(-c2ccc3c4cc(-n5c6ccccc6c6ccccc65)ccc4n(-c4c(-c5ccccc5)cc(-c5nc(-c6ccccc6)cc(-c6ccccc6)n5)cc4-c4ccccc4)c3c2)cc1. The molecule has 68 heavy (non-hydrogen) atoms. The van der Waals surface area contributed by atoms with Crippen LogP contribution in [0.3, 0.4) is 0 Å². The summed E-state index contributed by atoms with van der Waals surface area (Å²) in [4.78, 5) is 10.7. The van der Waals surface area contributed by atoms with Crippen molar-refractivity contribution in [1.29, 1.82) is 0 Å². The molecule has 0 fully saturated rings. The summed E-state index contributed by atoms with van der Waals surface area (Å²) >= 11 is 0. The Labute approximate surface area is 394 Å². The maximum absolute atomic E-state index is 5.36. The fourth-order valence-electron chi connectivity index (χ4n) is 10.2. The zero-order chi connectivity index (χ0) is 45.0. The van der Waals surface area contributed by atoms with Crippen molar-refractivity contribution in [3.05, 3.63) is 255 Å². The molecule has 13 rings (SSSR count). The average molecular weight is 867 g/mol. The highest BCUT2D eigenvalue weighted by Crippen LogP contribution is 2.45. The Morgan fingerprint density at radius 3 is 1.22 bits per heavy atom. The zero-order valence-corrected chi connectivity index (χ0v) is 37.0. The highest BCUT2D eigenvalue weighted by Gasteiger charge is 2.24. The second-order valence-corrected chi connectivity index (χ2v) is 17.4. The number of para-hydroxylation sites is 2. The minimum Gasteiger partial charge on any atom is -0.309 e. The fourth-order valence-corrected chi connectivity index (χ4v) is 10.2. The number of rotatable bonds is 8. The molecule has 0 N–H and O–H groups in total. The van der Waals surface area contributed by atoms with Gasteiger partial charge in [0.25, 0.3) is 0 Å². The smallest absolute Gasteiger partial charge is 0.160 e. The lowest BCUT2D eigenvalue weighted by Gasteiger charge is -2.21. The van der Waals surface area contributed by atoms with Crippen LogP contribution in [0.1, 0.15) is 0 Å². The van der Waals surface area contributed by atoms with Crippen LogP contribution in [0.15, 0.2) is 255 Å². The lowest BCUT2D eigenvalue weighted by Crippen LogP contribution is -2.03. The van der Waals surface area contributed by atoms with Gasteiger partial charge in [-0.15, -0.1) is 0 Å². The van der Waals surface area contributed by atoms with Gasteiger partial charge in [-0.1, -0.05) is 200 Å². The molecule has 0 aliphatic rings. The van der Waals surface area contributed by atoms with Crippen molar-refractivity contribution in [2.45, 2.75) is 0 Å². The summed E-state index contributed by atoms with van der Waals surface area (Å²) in [5.74, 6) is 0.663. The zero-order valence-electron chi connectivity index (χ0n) is 37.0. The first-order valence-corrected chi connectivity index (χ1v) is 23.2. The van der Waals surface area contributed by atoms with Crippen LogP contribution in [0.4, 0.5) is 0 Å². The van der Waals surface area contributed by atoms with E-state index >= 15 is 0 Å². The molecule has 0 saturated heterocycles. The van der Waals surface area contributed by atoms with Crippen LogP contribution in [0.5, 0.6) is 0 Å². The van der Waals surface area contributed by atoms with E-state index in [9.17, 15) is 0 Å². The number of benzene rings is 10. The monoisotopic (exact) mass is 866 g/mol. The van der Waals surface area contributed by atoms with Gasteiger partial charge < -0.3 is 9.13 Å². The Morgan fingerprint density at radius 1 is 0.250 bits per heavy atom. The Bertz CT molecular complexity index is 3820. The summed E-state index contributed by atoms with van der Waals surface area (Å²) in [5.41, 5.74) is 18.2. The van der Waals surface area contributed by atoms with E-state index in [0.717, 1.165) is 78.3 Å². The molecular weight excluding hydrogens is 825 g/mol. The Kier molecular flexibility index (Phi) is 9.47. The first-order valence-electron chi connectivity index (χ1n) is 23.2. The molecule has 10 aromatic carbocycles.